The number of benzene rings is 1. The van der Waals surface area contributed by atoms with Crippen molar-refractivity contribution in [3.05, 3.63) is 42.5 Å². The van der Waals surface area contributed by atoms with Crippen LogP contribution in [0.1, 0.15) is 104 Å². The lowest BCUT2D eigenvalue weighted by Gasteiger charge is -2.18. The largest absolute Gasteiger partial charge is 0.464 e. The van der Waals surface area contributed by atoms with Gasteiger partial charge in [0, 0.05) is 5.69 Å². The van der Waals surface area contributed by atoms with Crippen LogP contribution < -0.4 is 5.32 Å². The molecule has 0 aliphatic heterocycles. The highest BCUT2D eigenvalue weighted by Gasteiger charge is 2.18. The number of carbonyl (C=O) groups excluding carboxylic acids is 1. The van der Waals surface area contributed by atoms with E-state index in [1.807, 2.05) is 37.3 Å². The Labute approximate surface area is 185 Å². The van der Waals surface area contributed by atoms with E-state index in [1.165, 1.54) is 77.0 Å². The highest BCUT2D eigenvalue weighted by molar-refractivity contribution is 5.79. The first-order valence-electron chi connectivity index (χ1n) is 12.4. The summed E-state index contributed by atoms with van der Waals surface area (Å²) in [7, 11) is 0. The third-order valence-corrected chi connectivity index (χ3v) is 5.44. The average Bonchev–Trinajstić information content (AvgIpc) is 2.76. The Morgan fingerprint density at radius 2 is 1.40 bits per heavy atom. The van der Waals surface area contributed by atoms with Gasteiger partial charge in [0.15, 0.2) is 0 Å². The number of hydrogen-bond acceptors (Lipinski definition) is 3. The number of nitrogens with one attached hydrogen (secondary N) is 1. The van der Waals surface area contributed by atoms with Gasteiger partial charge in [0.05, 0.1) is 6.61 Å². The molecule has 0 bridgehead atoms. The number of para-hydroxylation sites is 1. The lowest BCUT2D eigenvalue weighted by atomic mass is 10.0. The van der Waals surface area contributed by atoms with Gasteiger partial charge in [0.2, 0.25) is 0 Å². The molecular formula is C27H45NO2. The van der Waals surface area contributed by atoms with Crippen LogP contribution in [0.4, 0.5) is 5.69 Å². The predicted octanol–water partition coefficient (Wildman–Crippen LogP) is 8.07. The second-order valence-corrected chi connectivity index (χ2v) is 8.19. The lowest BCUT2D eigenvalue weighted by molar-refractivity contribution is -0.144. The van der Waals surface area contributed by atoms with Crippen LogP contribution in [0.2, 0.25) is 0 Å². The van der Waals surface area contributed by atoms with Crippen molar-refractivity contribution < 1.29 is 9.53 Å². The van der Waals surface area contributed by atoms with Crippen molar-refractivity contribution in [1.29, 1.82) is 0 Å². The van der Waals surface area contributed by atoms with Gasteiger partial charge >= 0.3 is 5.97 Å². The first kappa shape index (κ1) is 26.3. The van der Waals surface area contributed by atoms with E-state index in [2.05, 4.69) is 24.4 Å². The standard InChI is InChI=1S/C27H45NO2/c1-3-5-6-7-8-9-10-11-12-13-14-15-16-17-21-24-26(27(29)30-4-2)28-25-22-19-18-20-23-25/h11-12,18-20,22-23,26,28H,3-10,13-17,21,24H2,1-2H3. The molecule has 0 saturated carbocycles. The van der Waals surface area contributed by atoms with E-state index in [0.29, 0.717) is 6.61 Å². The zero-order valence-corrected chi connectivity index (χ0v) is 19.5. The summed E-state index contributed by atoms with van der Waals surface area (Å²) in [6.07, 6.45) is 22.3. The lowest BCUT2D eigenvalue weighted by Crippen LogP contribution is -2.31. The summed E-state index contributed by atoms with van der Waals surface area (Å²) < 4.78 is 5.24. The number of carbonyl (C=O) groups is 1. The fourth-order valence-electron chi connectivity index (χ4n) is 3.65. The Kier molecular flexibility index (Phi) is 16.8. The van der Waals surface area contributed by atoms with E-state index in [0.717, 1.165) is 18.5 Å². The fraction of sp³-hybridized carbons (Fsp3) is 0.667. The van der Waals surface area contributed by atoms with E-state index in [1.54, 1.807) is 0 Å². The van der Waals surface area contributed by atoms with Gasteiger partial charge in [-0.05, 0) is 51.2 Å². The molecule has 0 fully saturated rings. The maximum atomic E-state index is 12.2. The maximum absolute atomic E-state index is 12.2. The molecule has 170 valence electrons. The molecule has 1 N–H and O–H groups in total. The molecule has 0 radical (unpaired) electrons. The minimum Gasteiger partial charge on any atom is -0.464 e. The molecule has 0 heterocycles. The molecule has 30 heavy (non-hydrogen) atoms. The molecule has 0 aromatic heterocycles. The molecule has 0 saturated heterocycles. The van der Waals surface area contributed by atoms with Crippen LogP contribution in [0.25, 0.3) is 0 Å². The number of unbranched alkanes of at least 4 members (excludes halogenated alkanes) is 11. The van der Waals surface area contributed by atoms with Crippen molar-refractivity contribution in [2.24, 2.45) is 0 Å². The predicted molar refractivity (Wildman–Crippen MR) is 130 cm³/mol. The molecule has 0 amide bonds. The Morgan fingerprint density at radius 1 is 0.833 bits per heavy atom. The topological polar surface area (TPSA) is 38.3 Å². The van der Waals surface area contributed by atoms with E-state index in [9.17, 15) is 4.79 Å². The summed E-state index contributed by atoms with van der Waals surface area (Å²) in [5.41, 5.74) is 0.975. The molecular weight excluding hydrogens is 370 g/mol. The SMILES string of the molecule is CCCCCCCCC=CCCCCCCCC(Nc1ccccc1)C(=O)OCC. The fourth-order valence-corrected chi connectivity index (χ4v) is 3.65. The van der Waals surface area contributed by atoms with Crippen molar-refractivity contribution in [1.82, 2.24) is 0 Å². The molecule has 1 atom stereocenters. The Balaban J connectivity index is 2.06. The molecule has 1 rings (SSSR count). The van der Waals surface area contributed by atoms with Crippen molar-refractivity contribution in [2.75, 3.05) is 11.9 Å². The number of esters is 1. The maximum Gasteiger partial charge on any atom is 0.328 e. The molecule has 0 aliphatic rings. The first-order chi connectivity index (χ1) is 14.8. The van der Waals surface area contributed by atoms with Gasteiger partial charge in [-0.1, -0.05) is 95.1 Å². The van der Waals surface area contributed by atoms with E-state index in [4.69, 9.17) is 4.74 Å². The van der Waals surface area contributed by atoms with Crippen molar-refractivity contribution in [2.45, 2.75) is 110 Å². The molecule has 3 heteroatoms. The van der Waals surface area contributed by atoms with Crippen molar-refractivity contribution >= 4 is 11.7 Å². The van der Waals surface area contributed by atoms with Crippen LogP contribution in [-0.4, -0.2) is 18.6 Å². The van der Waals surface area contributed by atoms with E-state index in [-0.39, 0.29) is 12.0 Å². The number of ether oxygens (including phenoxy) is 1. The van der Waals surface area contributed by atoms with Crippen molar-refractivity contribution in [3.8, 4) is 0 Å². The van der Waals surface area contributed by atoms with Crippen LogP contribution in [0.15, 0.2) is 42.5 Å². The summed E-state index contributed by atoms with van der Waals surface area (Å²) in [6, 6.07) is 9.67. The van der Waals surface area contributed by atoms with Gasteiger partial charge in [-0.25, -0.2) is 4.79 Å². The molecule has 1 unspecified atom stereocenters. The monoisotopic (exact) mass is 415 g/mol. The van der Waals surface area contributed by atoms with Crippen LogP contribution >= 0.6 is 0 Å². The zero-order valence-electron chi connectivity index (χ0n) is 19.5. The smallest absolute Gasteiger partial charge is 0.328 e. The summed E-state index contributed by atoms with van der Waals surface area (Å²) in [6.45, 7) is 4.56. The molecule has 1 aromatic rings. The van der Waals surface area contributed by atoms with Crippen LogP contribution in [0.5, 0.6) is 0 Å². The highest BCUT2D eigenvalue weighted by Crippen LogP contribution is 2.15. The molecule has 0 spiro atoms. The highest BCUT2D eigenvalue weighted by atomic mass is 16.5. The Bertz CT molecular complexity index is 541. The minimum absolute atomic E-state index is 0.142. The van der Waals surface area contributed by atoms with Gasteiger partial charge in [-0.3, -0.25) is 0 Å². The number of anilines is 1. The van der Waals surface area contributed by atoms with Crippen LogP contribution in [0, 0.1) is 0 Å². The van der Waals surface area contributed by atoms with Crippen LogP contribution in [-0.2, 0) is 9.53 Å². The van der Waals surface area contributed by atoms with Gasteiger partial charge in [0.25, 0.3) is 0 Å². The minimum atomic E-state index is -0.253. The van der Waals surface area contributed by atoms with E-state index < -0.39 is 0 Å². The van der Waals surface area contributed by atoms with Crippen molar-refractivity contribution in [3.63, 3.8) is 0 Å². The first-order valence-corrected chi connectivity index (χ1v) is 12.4. The second kappa shape index (κ2) is 19.2. The number of hydrogen-bond donors (Lipinski definition) is 1. The average molecular weight is 416 g/mol. The normalized spacial score (nSPS) is 12.2. The molecule has 0 aliphatic carbocycles. The second-order valence-electron chi connectivity index (χ2n) is 8.19. The summed E-state index contributed by atoms with van der Waals surface area (Å²) in [4.78, 5) is 12.2. The Morgan fingerprint density at radius 3 is 2.00 bits per heavy atom. The van der Waals surface area contributed by atoms with Gasteiger partial charge in [-0.15, -0.1) is 0 Å². The number of allylic oxidation sites excluding steroid dienone is 2. The molecule has 1 aromatic carbocycles. The third-order valence-electron chi connectivity index (χ3n) is 5.44. The zero-order chi connectivity index (χ0) is 21.7. The Hall–Kier alpha value is -1.77. The number of rotatable bonds is 19. The summed E-state index contributed by atoms with van der Waals surface area (Å²) in [5.74, 6) is -0.142. The van der Waals surface area contributed by atoms with Gasteiger partial charge in [0.1, 0.15) is 6.04 Å². The van der Waals surface area contributed by atoms with Crippen LogP contribution in [0.3, 0.4) is 0 Å². The third kappa shape index (κ3) is 14.3. The summed E-state index contributed by atoms with van der Waals surface area (Å²) in [5, 5.41) is 3.33. The van der Waals surface area contributed by atoms with Gasteiger partial charge in [-0.2, -0.15) is 0 Å². The van der Waals surface area contributed by atoms with E-state index >= 15 is 0 Å². The summed E-state index contributed by atoms with van der Waals surface area (Å²) >= 11 is 0. The molecule has 3 nitrogen and oxygen atoms in total. The quantitative estimate of drug-likeness (QED) is 0.141. The van der Waals surface area contributed by atoms with Gasteiger partial charge < -0.3 is 10.1 Å².